The normalized spacial score (nSPS) is 10.4. The zero-order valence-electron chi connectivity index (χ0n) is 7.21. The number of rotatable bonds is 2. The highest BCUT2D eigenvalue weighted by molar-refractivity contribution is 9.10. The molecule has 0 radical (unpaired) electrons. The molecular formula is C10H7BrClNO. The molecule has 1 heterocycles. The zero-order valence-corrected chi connectivity index (χ0v) is 9.55. The summed E-state index contributed by atoms with van der Waals surface area (Å²) in [7, 11) is 0. The smallest absolute Gasteiger partial charge is 0.172 e. The average molecular weight is 273 g/mol. The number of hydrogen-bond donors (Lipinski definition) is 0. The van der Waals surface area contributed by atoms with Crippen molar-refractivity contribution in [1.29, 1.82) is 0 Å². The molecule has 2 aromatic rings. The number of alkyl halides is 1. The van der Waals surface area contributed by atoms with Gasteiger partial charge in [0, 0.05) is 15.6 Å². The van der Waals surface area contributed by atoms with Crippen LogP contribution in [0.3, 0.4) is 0 Å². The van der Waals surface area contributed by atoms with Gasteiger partial charge in [0.25, 0.3) is 0 Å². The van der Waals surface area contributed by atoms with Crippen molar-refractivity contribution in [3.05, 3.63) is 40.5 Å². The topological polar surface area (TPSA) is 26.0 Å². The first-order valence-electron chi connectivity index (χ1n) is 4.07. The van der Waals surface area contributed by atoms with Gasteiger partial charge in [0.2, 0.25) is 0 Å². The van der Waals surface area contributed by atoms with E-state index in [9.17, 15) is 0 Å². The Kier molecular flexibility index (Phi) is 2.89. The van der Waals surface area contributed by atoms with Crippen LogP contribution in [-0.2, 0) is 5.88 Å². The van der Waals surface area contributed by atoms with Gasteiger partial charge in [-0.3, -0.25) is 0 Å². The highest BCUT2D eigenvalue weighted by atomic mass is 79.9. The Morgan fingerprint density at radius 1 is 1.36 bits per heavy atom. The maximum Gasteiger partial charge on any atom is 0.172 e. The molecule has 0 aliphatic carbocycles. The molecule has 4 heteroatoms. The van der Waals surface area contributed by atoms with Gasteiger partial charge in [0.15, 0.2) is 5.76 Å². The van der Waals surface area contributed by atoms with E-state index in [0.29, 0.717) is 5.88 Å². The molecule has 72 valence electrons. The van der Waals surface area contributed by atoms with Crippen molar-refractivity contribution in [1.82, 2.24) is 5.16 Å². The van der Waals surface area contributed by atoms with Gasteiger partial charge in [-0.1, -0.05) is 33.2 Å². The predicted molar refractivity (Wildman–Crippen MR) is 59.2 cm³/mol. The molecule has 0 saturated heterocycles. The Balaban J connectivity index is 2.54. The number of hydrogen-bond acceptors (Lipinski definition) is 2. The van der Waals surface area contributed by atoms with E-state index in [1.807, 2.05) is 24.3 Å². The second-order valence-corrected chi connectivity index (χ2v) is 3.92. The van der Waals surface area contributed by atoms with Crippen molar-refractivity contribution < 1.29 is 4.52 Å². The van der Waals surface area contributed by atoms with Gasteiger partial charge in [-0.05, 0) is 12.1 Å². The lowest BCUT2D eigenvalue weighted by molar-refractivity contribution is 0.431. The highest BCUT2D eigenvalue weighted by Gasteiger charge is 2.11. The van der Waals surface area contributed by atoms with Crippen LogP contribution in [0, 0.1) is 0 Å². The Bertz CT molecular complexity index is 441. The van der Waals surface area contributed by atoms with Gasteiger partial charge in [0.1, 0.15) is 0 Å². The first-order valence-corrected chi connectivity index (χ1v) is 5.40. The summed E-state index contributed by atoms with van der Waals surface area (Å²) in [6.07, 6.45) is 1.64. The van der Waals surface area contributed by atoms with Crippen LogP contribution in [0.4, 0.5) is 0 Å². The van der Waals surface area contributed by atoms with Crippen molar-refractivity contribution in [2.75, 3.05) is 0 Å². The summed E-state index contributed by atoms with van der Waals surface area (Å²) in [6.45, 7) is 0. The van der Waals surface area contributed by atoms with E-state index in [1.54, 1.807) is 6.20 Å². The van der Waals surface area contributed by atoms with E-state index in [2.05, 4.69) is 21.1 Å². The maximum atomic E-state index is 5.76. The highest BCUT2D eigenvalue weighted by Crippen LogP contribution is 2.30. The fourth-order valence-corrected chi connectivity index (χ4v) is 1.88. The monoisotopic (exact) mass is 271 g/mol. The fraction of sp³-hybridized carbons (Fsp3) is 0.100. The second kappa shape index (κ2) is 4.15. The van der Waals surface area contributed by atoms with Crippen molar-refractivity contribution >= 4 is 27.5 Å². The molecule has 1 aromatic heterocycles. The van der Waals surface area contributed by atoms with Crippen molar-refractivity contribution in [3.63, 3.8) is 0 Å². The third-order valence-electron chi connectivity index (χ3n) is 1.91. The third kappa shape index (κ3) is 1.70. The van der Waals surface area contributed by atoms with Crippen LogP contribution < -0.4 is 0 Å². The summed E-state index contributed by atoms with van der Waals surface area (Å²) in [5, 5.41) is 3.73. The minimum absolute atomic E-state index is 0.403. The molecule has 0 aliphatic rings. The standard InChI is InChI=1S/C10H7BrClNO/c11-9-4-2-1-3-8(9)10-7(5-12)6-13-14-10/h1-4,6H,5H2. The Morgan fingerprint density at radius 3 is 2.86 bits per heavy atom. The van der Waals surface area contributed by atoms with E-state index < -0.39 is 0 Å². The average Bonchev–Trinajstić information content (AvgIpc) is 2.66. The lowest BCUT2D eigenvalue weighted by Crippen LogP contribution is -1.81. The minimum atomic E-state index is 0.403. The summed E-state index contributed by atoms with van der Waals surface area (Å²) >= 11 is 9.21. The molecule has 0 atom stereocenters. The first-order chi connectivity index (χ1) is 6.83. The minimum Gasteiger partial charge on any atom is -0.356 e. The lowest BCUT2D eigenvalue weighted by Gasteiger charge is -2.00. The molecular weight excluding hydrogens is 265 g/mol. The van der Waals surface area contributed by atoms with Crippen LogP contribution in [0.25, 0.3) is 11.3 Å². The second-order valence-electron chi connectivity index (χ2n) is 2.79. The summed E-state index contributed by atoms with van der Waals surface area (Å²) < 4.78 is 6.13. The predicted octanol–water partition coefficient (Wildman–Crippen LogP) is 3.84. The SMILES string of the molecule is ClCc1cnoc1-c1ccccc1Br. The van der Waals surface area contributed by atoms with Crippen molar-refractivity contribution in [2.45, 2.75) is 5.88 Å². The molecule has 14 heavy (non-hydrogen) atoms. The van der Waals surface area contributed by atoms with Gasteiger partial charge in [0.05, 0.1) is 12.1 Å². The van der Waals surface area contributed by atoms with Crippen LogP contribution >= 0.6 is 27.5 Å². The summed E-state index contributed by atoms with van der Waals surface area (Å²) in [4.78, 5) is 0. The van der Waals surface area contributed by atoms with Gasteiger partial charge in [-0.2, -0.15) is 0 Å². The van der Waals surface area contributed by atoms with Gasteiger partial charge >= 0.3 is 0 Å². The molecule has 0 saturated carbocycles. The van der Waals surface area contributed by atoms with Crippen LogP contribution in [0.15, 0.2) is 39.5 Å². The quantitative estimate of drug-likeness (QED) is 0.776. The molecule has 1 aromatic carbocycles. The Hall–Kier alpha value is -0.800. The molecule has 0 spiro atoms. The van der Waals surface area contributed by atoms with E-state index in [-0.39, 0.29) is 0 Å². The van der Waals surface area contributed by atoms with Crippen molar-refractivity contribution in [2.24, 2.45) is 0 Å². The molecule has 0 fully saturated rings. The Morgan fingerprint density at radius 2 is 2.14 bits per heavy atom. The zero-order chi connectivity index (χ0) is 9.97. The number of nitrogens with zero attached hydrogens (tertiary/aromatic N) is 1. The van der Waals surface area contributed by atoms with E-state index >= 15 is 0 Å². The maximum absolute atomic E-state index is 5.76. The molecule has 2 nitrogen and oxygen atoms in total. The summed E-state index contributed by atoms with van der Waals surface area (Å²) in [5.74, 6) is 1.13. The van der Waals surface area contributed by atoms with Crippen LogP contribution in [-0.4, -0.2) is 5.16 Å². The number of aromatic nitrogens is 1. The third-order valence-corrected chi connectivity index (χ3v) is 2.89. The summed E-state index contributed by atoms with van der Waals surface area (Å²) in [6, 6.07) is 7.81. The van der Waals surface area contributed by atoms with Gasteiger partial charge in [-0.25, -0.2) is 0 Å². The van der Waals surface area contributed by atoms with Gasteiger partial charge < -0.3 is 4.52 Å². The molecule has 2 rings (SSSR count). The molecule has 0 N–H and O–H groups in total. The molecule has 0 bridgehead atoms. The van der Waals surface area contributed by atoms with E-state index in [1.165, 1.54) is 0 Å². The lowest BCUT2D eigenvalue weighted by atomic mass is 10.1. The Labute approximate surface area is 95.0 Å². The largest absolute Gasteiger partial charge is 0.356 e. The van der Waals surface area contributed by atoms with Crippen molar-refractivity contribution in [3.8, 4) is 11.3 Å². The van der Waals surface area contributed by atoms with Gasteiger partial charge in [-0.15, -0.1) is 11.6 Å². The fourth-order valence-electron chi connectivity index (χ4n) is 1.22. The van der Waals surface area contributed by atoms with Crippen LogP contribution in [0.1, 0.15) is 5.56 Å². The number of halogens is 2. The molecule has 0 unspecified atom stereocenters. The van der Waals surface area contributed by atoms with Crippen LogP contribution in [0.2, 0.25) is 0 Å². The number of benzene rings is 1. The molecule has 0 amide bonds. The summed E-state index contributed by atoms with van der Waals surface area (Å²) in [5.41, 5.74) is 1.87. The van der Waals surface area contributed by atoms with E-state index in [0.717, 1.165) is 21.4 Å². The van der Waals surface area contributed by atoms with Crippen LogP contribution in [0.5, 0.6) is 0 Å². The van der Waals surface area contributed by atoms with E-state index in [4.69, 9.17) is 16.1 Å². The first kappa shape index (κ1) is 9.74. The molecule has 0 aliphatic heterocycles.